The molecule has 4 heteroatoms. The molecule has 1 aliphatic heterocycles. The summed E-state index contributed by atoms with van der Waals surface area (Å²) in [7, 11) is 1.92. The summed E-state index contributed by atoms with van der Waals surface area (Å²) in [6.45, 7) is 4.00. The SMILES string of the molecule is CNC(c1cc2cc(C)ccc2o1)C1COCCO1. The number of hydrogen-bond acceptors (Lipinski definition) is 4. The number of benzene rings is 1. The fourth-order valence-electron chi connectivity index (χ4n) is 2.55. The highest BCUT2D eigenvalue weighted by Crippen LogP contribution is 2.28. The first kappa shape index (κ1) is 12.7. The van der Waals surface area contributed by atoms with Crippen LogP contribution in [0.5, 0.6) is 0 Å². The van der Waals surface area contributed by atoms with Gasteiger partial charge in [0.1, 0.15) is 17.4 Å². The Kier molecular flexibility index (Phi) is 3.55. The molecule has 0 aliphatic carbocycles. The summed E-state index contributed by atoms with van der Waals surface area (Å²) in [5.74, 6) is 0.901. The Bertz CT molecular complexity index is 558. The largest absolute Gasteiger partial charge is 0.459 e. The molecule has 1 aliphatic rings. The lowest BCUT2D eigenvalue weighted by atomic mass is 10.1. The first-order valence-electron chi connectivity index (χ1n) is 6.64. The van der Waals surface area contributed by atoms with Crippen molar-refractivity contribution in [3.63, 3.8) is 0 Å². The summed E-state index contributed by atoms with van der Waals surface area (Å²) in [5, 5.41) is 4.40. The molecule has 19 heavy (non-hydrogen) atoms. The van der Waals surface area contributed by atoms with Gasteiger partial charge in [-0.2, -0.15) is 0 Å². The van der Waals surface area contributed by atoms with Crippen LogP contribution in [0.15, 0.2) is 28.7 Å². The highest BCUT2D eigenvalue weighted by atomic mass is 16.6. The molecule has 1 saturated heterocycles. The normalized spacial score (nSPS) is 21.7. The van der Waals surface area contributed by atoms with E-state index in [1.807, 2.05) is 13.1 Å². The molecule has 1 aromatic heterocycles. The number of nitrogens with one attached hydrogen (secondary N) is 1. The van der Waals surface area contributed by atoms with E-state index in [0.29, 0.717) is 19.8 Å². The zero-order chi connectivity index (χ0) is 13.2. The van der Waals surface area contributed by atoms with Gasteiger partial charge in [0.05, 0.1) is 25.9 Å². The van der Waals surface area contributed by atoms with Crippen LogP contribution in [0.2, 0.25) is 0 Å². The molecule has 2 unspecified atom stereocenters. The second kappa shape index (κ2) is 5.33. The Morgan fingerprint density at radius 3 is 2.89 bits per heavy atom. The summed E-state index contributed by atoms with van der Waals surface area (Å²) in [4.78, 5) is 0. The molecule has 2 heterocycles. The first-order valence-corrected chi connectivity index (χ1v) is 6.64. The van der Waals surface area contributed by atoms with Crippen molar-refractivity contribution in [1.82, 2.24) is 5.32 Å². The van der Waals surface area contributed by atoms with Crippen molar-refractivity contribution in [1.29, 1.82) is 0 Å². The number of rotatable bonds is 3. The van der Waals surface area contributed by atoms with E-state index in [-0.39, 0.29) is 12.1 Å². The summed E-state index contributed by atoms with van der Waals surface area (Å²) in [6, 6.07) is 8.31. The van der Waals surface area contributed by atoms with Crippen molar-refractivity contribution in [2.75, 3.05) is 26.9 Å². The molecule has 0 bridgehead atoms. The minimum Gasteiger partial charge on any atom is -0.459 e. The maximum absolute atomic E-state index is 5.93. The van der Waals surface area contributed by atoms with E-state index >= 15 is 0 Å². The van der Waals surface area contributed by atoms with Crippen molar-refractivity contribution >= 4 is 11.0 Å². The van der Waals surface area contributed by atoms with Gasteiger partial charge in [-0.1, -0.05) is 11.6 Å². The highest BCUT2D eigenvalue weighted by molar-refractivity contribution is 5.78. The van der Waals surface area contributed by atoms with Crippen LogP contribution in [0.4, 0.5) is 0 Å². The van der Waals surface area contributed by atoms with E-state index in [9.17, 15) is 0 Å². The Labute approximate surface area is 112 Å². The fourth-order valence-corrected chi connectivity index (χ4v) is 2.55. The predicted octanol–water partition coefficient (Wildman–Crippen LogP) is 2.42. The van der Waals surface area contributed by atoms with Gasteiger partial charge in [0.15, 0.2) is 0 Å². The Morgan fingerprint density at radius 1 is 1.26 bits per heavy atom. The molecular formula is C15H19NO3. The van der Waals surface area contributed by atoms with Crippen molar-refractivity contribution in [3.05, 3.63) is 35.6 Å². The zero-order valence-electron chi connectivity index (χ0n) is 11.3. The first-order chi connectivity index (χ1) is 9.28. The molecule has 102 valence electrons. The van der Waals surface area contributed by atoms with Crippen LogP contribution in [0.3, 0.4) is 0 Å². The average molecular weight is 261 g/mol. The van der Waals surface area contributed by atoms with E-state index < -0.39 is 0 Å². The molecule has 0 spiro atoms. The molecule has 0 saturated carbocycles. The summed E-state index contributed by atoms with van der Waals surface area (Å²) in [5.41, 5.74) is 2.15. The molecule has 2 atom stereocenters. The van der Waals surface area contributed by atoms with E-state index in [2.05, 4.69) is 30.4 Å². The lowest BCUT2D eigenvalue weighted by Gasteiger charge is -2.28. The second-order valence-corrected chi connectivity index (χ2v) is 4.94. The summed E-state index contributed by atoms with van der Waals surface area (Å²) >= 11 is 0. The van der Waals surface area contributed by atoms with Crippen molar-refractivity contribution < 1.29 is 13.9 Å². The van der Waals surface area contributed by atoms with Crippen LogP contribution in [-0.2, 0) is 9.47 Å². The monoisotopic (exact) mass is 261 g/mol. The minimum atomic E-state index is 0.000379. The number of ether oxygens (including phenoxy) is 2. The lowest BCUT2D eigenvalue weighted by molar-refractivity contribution is -0.103. The molecule has 0 radical (unpaired) electrons. The number of likely N-dealkylation sites (N-methyl/N-ethyl adjacent to an activating group) is 1. The van der Waals surface area contributed by atoms with E-state index in [0.717, 1.165) is 16.7 Å². The van der Waals surface area contributed by atoms with Gasteiger partial charge in [-0.3, -0.25) is 0 Å². The van der Waals surface area contributed by atoms with Gasteiger partial charge in [-0.15, -0.1) is 0 Å². The number of aryl methyl sites for hydroxylation is 1. The lowest BCUT2D eigenvalue weighted by Crippen LogP contribution is -2.39. The molecule has 1 aromatic carbocycles. The molecule has 3 rings (SSSR count). The summed E-state index contributed by atoms with van der Waals surface area (Å²) in [6.07, 6.45) is 0.000379. The third-order valence-corrected chi connectivity index (χ3v) is 3.52. The van der Waals surface area contributed by atoms with Crippen molar-refractivity contribution in [3.8, 4) is 0 Å². The minimum absolute atomic E-state index is 0.000379. The van der Waals surface area contributed by atoms with E-state index in [4.69, 9.17) is 13.9 Å². The maximum Gasteiger partial charge on any atom is 0.134 e. The molecule has 1 N–H and O–H groups in total. The highest BCUT2D eigenvalue weighted by Gasteiger charge is 2.28. The van der Waals surface area contributed by atoms with Gasteiger partial charge in [0.2, 0.25) is 0 Å². The quantitative estimate of drug-likeness (QED) is 0.921. The third-order valence-electron chi connectivity index (χ3n) is 3.52. The molecule has 4 nitrogen and oxygen atoms in total. The van der Waals surface area contributed by atoms with Crippen LogP contribution in [0.25, 0.3) is 11.0 Å². The van der Waals surface area contributed by atoms with E-state index in [1.165, 1.54) is 5.56 Å². The molecule has 2 aromatic rings. The molecule has 1 fully saturated rings. The Balaban J connectivity index is 1.91. The Morgan fingerprint density at radius 2 is 2.16 bits per heavy atom. The van der Waals surface area contributed by atoms with Gasteiger partial charge in [-0.25, -0.2) is 0 Å². The van der Waals surface area contributed by atoms with Gasteiger partial charge in [-0.05, 0) is 32.2 Å². The van der Waals surface area contributed by atoms with Crippen LogP contribution in [0, 0.1) is 6.92 Å². The smallest absolute Gasteiger partial charge is 0.134 e. The molecule has 0 amide bonds. The number of hydrogen-bond donors (Lipinski definition) is 1. The van der Waals surface area contributed by atoms with Crippen LogP contribution in [0.1, 0.15) is 17.4 Å². The molecular weight excluding hydrogens is 242 g/mol. The van der Waals surface area contributed by atoms with Gasteiger partial charge in [0, 0.05) is 5.39 Å². The zero-order valence-corrected chi connectivity index (χ0v) is 11.3. The number of fused-ring (bicyclic) bond motifs is 1. The van der Waals surface area contributed by atoms with Crippen molar-refractivity contribution in [2.24, 2.45) is 0 Å². The second-order valence-electron chi connectivity index (χ2n) is 4.94. The Hall–Kier alpha value is -1.36. The van der Waals surface area contributed by atoms with Crippen molar-refractivity contribution in [2.45, 2.75) is 19.1 Å². The van der Waals surface area contributed by atoms with E-state index in [1.54, 1.807) is 0 Å². The van der Waals surface area contributed by atoms with Crippen LogP contribution in [-0.4, -0.2) is 33.0 Å². The predicted molar refractivity (Wildman–Crippen MR) is 73.3 cm³/mol. The third kappa shape index (κ3) is 2.52. The topological polar surface area (TPSA) is 43.6 Å². The van der Waals surface area contributed by atoms with Gasteiger partial charge < -0.3 is 19.2 Å². The maximum atomic E-state index is 5.93. The van der Waals surface area contributed by atoms with Gasteiger partial charge in [0.25, 0.3) is 0 Å². The average Bonchev–Trinajstić information content (AvgIpc) is 2.83. The van der Waals surface area contributed by atoms with Crippen LogP contribution < -0.4 is 5.32 Å². The number of furan rings is 1. The van der Waals surface area contributed by atoms with Gasteiger partial charge >= 0.3 is 0 Å². The van der Waals surface area contributed by atoms with Crippen LogP contribution >= 0.6 is 0 Å². The standard InChI is InChI=1S/C15H19NO3/c1-10-3-4-12-11(7-10)8-13(19-12)15(16-2)14-9-17-5-6-18-14/h3-4,7-8,14-16H,5-6,9H2,1-2H3. The summed E-state index contributed by atoms with van der Waals surface area (Å²) < 4.78 is 17.2. The fraction of sp³-hybridized carbons (Fsp3) is 0.467.